The fourth-order valence-electron chi connectivity index (χ4n) is 5.10. The Kier molecular flexibility index (Phi) is 8.06. The van der Waals surface area contributed by atoms with Gasteiger partial charge < -0.3 is 15.5 Å². The van der Waals surface area contributed by atoms with E-state index in [1.54, 1.807) is 12.4 Å². The maximum atomic E-state index is 13.0. The van der Waals surface area contributed by atoms with Gasteiger partial charge in [0.15, 0.2) is 0 Å². The van der Waals surface area contributed by atoms with Gasteiger partial charge in [-0.2, -0.15) is 0 Å². The first-order chi connectivity index (χ1) is 15.0. The molecule has 4 aliphatic rings. The first kappa shape index (κ1) is 23.2. The second kappa shape index (κ2) is 10.7. The highest BCUT2D eigenvalue weighted by molar-refractivity contribution is 5.92. The Balaban J connectivity index is 0.000000254. The summed E-state index contributed by atoms with van der Waals surface area (Å²) in [5, 5.41) is 15.5. The van der Waals surface area contributed by atoms with Gasteiger partial charge in [-0.25, -0.2) is 10.1 Å². The Labute approximate surface area is 183 Å². The third-order valence-electron chi connectivity index (χ3n) is 6.90. The van der Waals surface area contributed by atoms with Crippen LogP contribution in [-0.2, 0) is 14.4 Å². The number of rotatable bonds is 7. The van der Waals surface area contributed by atoms with Crippen LogP contribution in [0.5, 0.6) is 0 Å². The number of amidine groups is 1. The average Bonchev–Trinajstić information content (AvgIpc) is 3.17. The van der Waals surface area contributed by atoms with Crippen molar-refractivity contribution in [2.24, 2.45) is 22.2 Å². The molecule has 0 aromatic rings. The zero-order valence-corrected chi connectivity index (χ0v) is 18.3. The van der Waals surface area contributed by atoms with Crippen LogP contribution in [0.15, 0.2) is 17.4 Å². The van der Waals surface area contributed by atoms with Crippen LogP contribution in [0, 0.1) is 17.3 Å². The van der Waals surface area contributed by atoms with Gasteiger partial charge in [0.2, 0.25) is 18.7 Å². The molecule has 3 N–H and O–H groups in total. The molecule has 2 unspecified atom stereocenters. The quantitative estimate of drug-likeness (QED) is 0.321. The van der Waals surface area contributed by atoms with Crippen molar-refractivity contribution in [1.82, 2.24) is 20.6 Å². The van der Waals surface area contributed by atoms with Crippen molar-refractivity contribution < 1.29 is 19.6 Å². The van der Waals surface area contributed by atoms with Gasteiger partial charge >= 0.3 is 0 Å². The van der Waals surface area contributed by atoms with Gasteiger partial charge in [0.25, 0.3) is 0 Å². The van der Waals surface area contributed by atoms with Crippen LogP contribution >= 0.6 is 0 Å². The van der Waals surface area contributed by atoms with E-state index in [0.29, 0.717) is 47.6 Å². The van der Waals surface area contributed by atoms with Crippen LogP contribution in [0.3, 0.4) is 0 Å². The number of carbonyl (C=O) groups excluding carboxylic acids is 3. The SMILES string of the molecule is CC1CC2(CC2)CN1C(=O)C(CC1CCCC1)CN(O)C=O.O=CNC1=NC=CNC1. The molecular formula is C22H35N5O4. The lowest BCUT2D eigenvalue weighted by Gasteiger charge is -2.29. The van der Waals surface area contributed by atoms with Gasteiger partial charge in [0.1, 0.15) is 5.84 Å². The number of hydrogen-bond donors (Lipinski definition) is 3. The Morgan fingerprint density at radius 1 is 1.42 bits per heavy atom. The summed E-state index contributed by atoms with van der Waals surface area (Å²) in [6, 6.07) is 0.296. The predicted octanol–water partition coefficient (Wildman–Crippen LogP) is 1.64. The van der Waals surface area contributed by atoms with Gasteiger partial charge in [-0.15, -0.1) is 0 Å². The third-order valence-corrected chi connectivity index (χ3v) is 6.90. The number of likely N-dealkylation sites (tertiary alicyclic amines) is 1. The van der Waals surface area contributed by atoms with E-state index in [9.17, 15) is 19.6 Å². The van der Waals surface area contributed by atoms with Crippen LogP contribution in [-0.4, -0.2) is 65.4 Å². The van der Waals surface area contributed by atoms with Crippen molar-refractivity contribution in [3.8, 4) is 0 Å². The van der Waals surface area contributed by atoms with Crippen LogP contribution in [0.1, 0.15) is 58.3 Å². The Morgan fingerprint density at radius 3 is 2.71 bits per heavy atom. The number of nitrogens with one attached hydrogen (secondary N) is 2. The molecule has 2 atom stereocenters. The summed E-state index contributed by atoms with van der Waals surface area (Å²) in [4.78, 5) is 39.4. The van der Waals surface area contributed by atoms with Crippen molar-refractivity contribution >= 4 is 24.6 Å². The lowest BCUT2D eigenvalue weighted by molar-refractivity contribution is -0.157. The first-order valence-electron chi connectivity index (χ1n) is 11.3. The van der Waals surface area contributed by atoms with Gasteiger partial charge in [0, 0.05) is 25.0 Å². The van der Waals surface area contributed by atoms with Crippen LogP contribution in [0.25, 0.3) is 0 Å². The summed E-state index contributed by atoms with van der Waals surface area (Å²) in [6.45, 7) is 3.74. The number of amides is 3. The van der Waals surface area contributed by atoms with E-state index in [1.165, 1.54) is 38.5 Å². The molecule has 172 valence electrons. The highest BCUT2D eigenvalue weighted by Crippen LogP contribution is 2.55. The Bertz CT molecular complexity index is 700. The molecular weight excluding hydrogens is 398 g/mol. The molecule has 2 aliphatic heterocycles. The number of aliphatic imine (C=N–C) groups is 1. The van der Waals surface area contributed by atoms with E-state index in [0.717, 1.165) is 19.4 Å². The van der Waals surface area contributed by atoms with E-state index in [1.807, 2.05) is 4.90 Å². The number of carbonyl (C=O) groups is 3. The standard InChI is InChI=1S/C17H28N2O3.C5H7N3O/c1-13-9-17(6-7-17)11-19(13)16(21)15(10-18(22)12-20)8-14-4-2-3-5-14;9-4-8-5-3-6-1-2-7-5/h12-15,22H,2-11H2,1H3;1-2,4,6H,3H2,(H,7,8,9). The predicted molar refractivity (Wildman–Crippen MR) is 116 cm³/mol. The molecule has 1 spiro atoms. The number of hydrogen-bond acceptors (Lipinski definition) is 6. The van der Waals surface area contributed by atoms with Crippen LogP contribution < -0.4 is 10.6 Å². The van der Waals surface area contributed by atoms with Gasteiger partial charge in [0.05, 0.1) is 19.0 Å². The summed E-state index contributed by atoms with van der Waals surface area (Å²) < 4.78 is 0. The molecule has 1 saturated heterocycles. The zero-order valence-electron chi connectivity index (χ0n) is 18.3. The minimum atomic E-state index is -0.255. The number of hydroxylamine groups is 2. The van der Waals surface area contributed by atoms with Crippen molar-refractivity contribution in [2.75, 3.05) is 19.6 Å². The summed E-state index contributed by atoms with van der Waals surface area (Å²) in [6.07, 6.45) is 13.6. The normalized spacial score (nSPS) is 24.5. The zero-order chi connectivity index (χ0) is 22.3. The summed E-state index contributed by atoms with van der Waals surface area (Å²) >= 11 is 0. The molecule has 2 saturated carbocycles. The Hall–Kier alpha value is -2.42. The van der Waals surface area contributed by atoms with Crippen molar-refractivity contribution in [1.29, 1.82) is 0 Å². The van der Waals surface area contributed by atoms with Crippen LogP contribution in [0.4, 0.5) is 0 Å². The van der Waals surface area contributed by atoms with Crippen molar-refractivity contribution in [2.45, 2.75) is 64.3 Å². The average molecular weight is 434 g/mol. The minimum Gasteiger partial charge on any atom is -0.382 e. The maximum absolute atomic E-state index is 13.0. The molecule has 0 bridgehead atoms. The van der Waals surface area contributed by atoms with Crippen molar-refractivity contribution in [3.63, 3.8) is 0 Å². The van der Waals surface area contributed by atoms with E-state index < -0.39 is 0 Å². The molecule has 2 heterocycles. The molecule has 31 heavy (non-hydrogen) atoms. The monoisotopic (exact) mass is 433 g/mol. The summed E-state index contributed by atoms with van der Waals surface area (Å²) in [5.74, 6) is 1.10. The second-order valence-corrected chi connectivity index (χ2v) is 9.36. The van der Waals surface area contributed by atoms with E-state index in [-0.39, 0.29) is 18.4 Å². The maximum Gasteiger partial charge on any atom is 0.233 e. The molecule has 3 fully saturated rings. The highest BCUT2D eigenvalue weighted by Gasteiger charge is 2.52. The molecule has 9 heteroatoms. The Morgan fingerprint density at radius 2 is 2.16 bits per heavy atom. The molecule has 0 aromatic heterocycles. The van der Waals surface area contributed by atoms with Crippen molar-refractivity contribution in [3.05, 3.63) is 12.4 Å². The molecule has 0 aromatic carbocycles. The fourth-order valence-corrected chi connectivity index (χ4v) is 5.10. The molecule has 9 nitrogen and oxygen atoms in total. The molecule has 2 aliphatic carbocycles. The lowest BCUT2D eigenvalue weighted by atomic mass is 9.91. The van der Waals surface area contributed by atoms with E-state index in [2.05, 4.69) is 22.5 Å². The van der Waals surface area contributed by atoms with Gasteiger partial charge in [-0.1, -0.05) is 25.7 Å². The molecule has 3 amide bonds. The van der Waals surface area contributed by atoms with E-state index in [4.69, 9.17) is 0 Å². The minimum absolute atomic E-state index is 0.134. The topological polar surface area (TPSA) is 114 Å². The van der Waals surface area contributed by atoms with Gasteiger partial charge in [-0.05, 0) is 43.9 Å². The summed E-state index contributed by atoms with van der Waals surface area (Å²) in [7, 11) is 0. The smallest absolute Gasteiger partial charge is 0.233 e. The second-order valence-electron chi connectivity index (χ2n) is 9.36. The van der Waals surface area contributed by atoms with Gasteiger partial charge in [-0.3, -0.25) is 19.6 Å². The third kappa shape index (κ3) is 6.53. The molecule has 0 radical (unpaired) electrons. The highest BCUT2D eigenvalue weighted by atomic mass is 16.5. The largest absolute Gasteiger partial charge is 0.382 e. The first-order valence-corrected chi connectivity index (χ1v) is 11.3. The molecule has 4 rings (SSSR count). The van der Waals surface area contributed by atoms with E-state index >= 15 is 0 Å². The summed E-state index contributed by atoms with van der Waals surface area (Å²) in [5.41, 5.74) is 0.399. The number of nitrogens with zero attached hydrogens (tertiary/aromatic N) is 3. The fraction of sp³-hybridized carbons (Fsp3) is 0.727. The van der Waals surface area contributed by atoms with Crippen LogP contribution in [0.2, 0.25) is 0 Å². The lowest BCUT2D eigenvalue weighted by Crippen LogP contribution is -2.43.